The van der Waals surface area contributed by atoms with E-state index in [1.54, 1.807) is 0 Å². The molecule has 5 nitrogen and oxygen atoms in total. The van der Waals surface area contributed by atoms with Gasteiger partial charge in [-0.15, -0.1) is 0 Å². The van der Waals surface area contributed by atoms with Crippen LogP contribution in [0.1, 0.15) is 11.1 Å². The number of alkyl carbamates (subject to hydrolysis) is 1. The fourth-order valence-corrected chi connectivity index (χ4v) is 1.91. The Balaban J connectivity index is 1.77. The van der Waals surface area contributed by atoms with Gasteiger partial charge in [-0.1, -0.05) is 60.7 Å². The second-order valence-corrected chi connectivity index (χ2v) is 4.85. The summed E-state index contributed by atoms with van der Waals surface area (Å²) < 4.78 is 4.97. The lowest BCUT2D eigenvalue weighted by atomic mass is 10.1. The van der Waals surface area contributed by atoms with Gasteiger partial charge in [-0.3, -0.25) is 10.1 Å². The van der Waals surface area contributed by atoms with Crippen molar-refractivity contribution < 1.29 is 14.3 Å². The van der Waals surface area contributed by atoms with Crippen LogP contribution in [-0.4, -0.2) is 18.0 Å². The van der Waals surface area contributed by atoms with Gasteiger partial charge in [0.15, 0.2) is 0 Å². The highest BCUT2D eigenvalue weighted by Crippen LogP contribution is 2.03. The van der Waals surface area contributed by atoms with E-state index in [2.05, 4.69) is 5.32 Å². The first-order chi connectivity index (χ1) is 10.6. The van der Waals surface area contributed by atoms with Gasteiger partial charge in [0.25, 0.3) is 0 Å². The lowest BCUT2D eigenvalue weighted by Crippen LogP contribution is -2.44. The molecule has 2 amide bonds. The van der Waals surface area contributed by atoms with Gasteiger partial charge < -0.3 is 10.5 Å². The molecule has 0 aliphatic rings. The van der Waals surface area contributed by atoms with Crippen LogP contribution >= 0.6 is 0 Å². The Morgan fingerprint density at radius 1 is 0.955 bits per heavy atom. The molecule has 5 heteroatoms. The van der Waals surface area contributed by atoms with E-state index in [1.807, 2.05) is 60.7 Å². The van der Waals surface area contributed by atoms with E-state index in [4.69, 9.17) is 10.5 Å². The number of carbonyl (C=O) groups excluding carboxylic acids is 2. The number of hydrogen-bond acceptors (Lipinski definition) is 4. The molecule has 114 valence electrons. The van der Waals surface area contributed by atoms with Gasteiger partial charge in [0.2, 0.25) is 5.91 Å². The summed E-state index contributed by atoms with van der Waals surface area (Å²) in [6.45, 7) is 0.105. The summed E-state index contributed by atoms with van der Waals surface area (Å²) in [6, 6.07) is 17.8. The summed E-state index contributed by atoms with van der Waals surface area (Å²) >= 11 is 0. The molecular weight excluding hydrogens is 280 g/mol. The Labute approximate surface area is 129 Å². The number of imide groups is 1. The highest BCUT2D eigenvalue weighted by Gasteiger charge is 2.17. The maximum Gasteiger partial charge on any atom is 0.414 e. The van der Waals surface area contributed by atoms with E-state index in [0.29, 0.717) is 6.42 Å². The normalized spacial score (nSPS) is 11.5. The standard InChI is InChI=1S/C17H18N2O3/c18-15(11-13-7-3-1-4-8-13)16(20)19-17(21)22-12-14-9-5-2-6-10-14/h1-10,15H,11-12,18H2,(H,19,20,21)/t15-/m0/s1. The zero-order chi connectivity index (χ0) is 15.8. The van der Waals surface area contributed by atoms with Gasteiger partial charge in [0.05, 0.1) is 6.04 Å². The van der Waals surface area contributed by atoms with Crippen LogP contribution in [0.5, 0.6) is 0 Å². The molecule has 0 aliphatic carbocycles. The average Bonchev–Trinajstić information content (AvgIpc) is 2.55. The third-order valence-corrected chi connectivity index (χ3v) is 3.07. The molecule has 0 radical (unpaired) electrons. The van der Waals surface area contributed by atoms with Crippen molar-refractivity contribution in [3.8, 4) is 0 Å². The van der Waals surface area contributed by atoms with Gasteiger partial charge in [0.1, 0.15) is 6.61 Å². The Morgan fingerprint density at radius 2 is 1.50 bits per heavy atom. The lowest BCUT2D eigenvalue weighted by Gasteiger charge is -2.11. The van der Waals surface area contributed by atoms with Crippen LogP contribution in [0.25, 0.3) is 0 Å². The summed E-state index contributed by atoms with van der Waals surface area (Å²) in [5, 5.41) is 2.15. The number of benzene rings is 2. The maximum absolute atomic E-state index is 11.8. The first-order valence-corrected chi connectivity index (χ1v) is 6.96. The number of carbonyl (C=O) groups is 2. The van der Waals surface area contributed by atoms with Gasteiger partial charge in [0, 0.05) is 0 Å². The van der Waals surface area contributed by atoms with Gasteiger partial charge in [-0.2, -0.15) is 0 Å². The topological polar surface area (TPSA) is 81.4 Å². The quantitative estimate of drug-likeness (QED) is 0.884. The third kappa shape index (κ3) is 5.03. The molecule has 0 unspecified atom stereocenters. The van der Waals surface area contributed by atoms with Gasteiger partial charge in [-0.25, -0.2) is 4.79 Å². The van der Waals surface area contributed by atoms with Crippen molar-refractivity contribution in [3.05, 3.63) is 71.8 Å². The summed E-state index contributed by atoms with van der Waals surface area (Å²) in [7, 11) is 0. The second-order valence-electron chi connectivity index (χ2n) is 4.85. The molecule has 0 fully saturated rings. The van der Waals surface area contributed by atoms with Crippen molar-refractivity contribution in [2.75, 3.05) is 0 Å². The average molecular weight is 298 g/mol. The van der Waals surface area contributed by atoms with Crippen LogP contribution in [0.2, 0.25) is 0 Å². The molecule has 2 aromatic carbocycles. The molecule has 0 spiro atoms. The number of nitrogens with one attached hydrogen (secondary N) is 1. The number of amides is 2. The molecule has 3 N–H and O–H groups in total. The zero-order valence-electron chi connectivity index (χ0n) is 12.1. The smallest absolute Gasteiger partial charge is 0.414 e. The van der Waals surface area contributed by atoms with Crippen molar-refractivity contribution in [3.63, 3.8) is 0 Å². The van der Waals surface area contributed by atoms with Crippen molar-refractivity contribution in [1.82, 2.24) is 5.32 Å². The van der Waals surface area contributed by atoms with Crippen molar-refractivity contribution in [2.45, 2.75) is 19.1 Å². The molecule has 0 saturated carbocycles. The molecule has 0 aromatic heterocycles. The minimum absolute atomic E-state index is 0.105. The van der Waals surface area contributed by atoms with Gasteiger partial charge >= 0.3 is 6.09 Å². The monoisotopic (exact) mass is 298 g/mol. The summed E-state index contributed by atoms with van der Waals surface area (Å²) in [6.07, 6.45) is -0.434. The number of rotatable bonds is 5. The molecule has 1 atom stereocenters. The molecule has 0 bridgehead atoms. The van der Waals surface area contributed by atoms with E-state index in [1.165, 1.54) is 0 Å². The third-order valence-electron chi connectivity index (χ3n) is 3.07. The molecule has 22 heavy (non-hydrogen) atoms. The molecule has 2 aromatic rings. The first-order valence-electron chi connectivity index (χ1n) is 6.96. The van der Waals surface area contributed by atoms with Crippen molar-refractivity contribution in [1.29, 1.82) is 0 Å². The van der Waals surface area contributed by atoms with Crippen molar-refractivity contribution in [2.24, 2.45) is 5.73 Å². The van der Waals surface area contributed by atoms with E-state index >= 15 is 0 Å². The van der Waals surface area contributed by atoms with Crippen LogP contribution in [0.3, 0.4) is 0 Å². The molecule has 0 heterocycles. The van der Waals surface area contributed by atoms with Crippen molar-refractivity contribution >= 4 is 12.0 Å². The molecular formula is C17H18N2O3. The van der Waals surface area contributed by atoms with E-state index < -0.39 is 18.0 Å². The zero-order valence-corrected chi connectivity index (χ0v) is 12.1. The minimum atomic E-state index is -0.799. The first kappa shape index (κ1) is 15.7. The predicted molar refractivity (Wildman–Crippen MR) is 82.9 cm³/mol. The highest BCUT2D eigenvalue weighted by atomic mass is 16.5. The van der Waals surface area contributed by atoms with Crippen LogP contribution in [0.15, 0.2) is 60.7 Å². The highest BCUT2D eigenvalue weighted by molar-refractivity contribution is 5.94. The lowest BCUT2D eigenvalue weighted by molar-refractivity contribution is -0.121. The largest absolute Gasteiger partial charge is 0.444 e. The summed E-state index contributed by atoms with van der Waals surface area (Å²) in [5.41, 5.74) is 7.56. The number of nitrogens with two attached hydrogens (primary N) is 1. The van der Waals surface area contributed by atoms with Crippen LogP contribution in [0.4, 0.5) is 4.79 Å². The number of ether oxygens (including phenoxy) is 1. The van der Waals surface area contributed by atoms with Gasteiger partial charge in [-0.05, 0) is 17.5 Å². The Hall–Kier alpha value is -2.66. The second kappa shape index (κ2) is 7.95. The van der Waals surface area contributed by atoms with E-state index in [-0.39, 0.29) is 6.61 Å². The van der Waals surface area contributed by atoms with Crippen LogP contribution in [-0.2, 0) is 22.6 Å². The van der Waals surface area contributed by atoms with E-state index in [9.17, 15) is 9.59 Å². The minimum Gasteiger partial charge on any atom is -0.444 e. The summed E-state index contributed by atoms with van der Waals surface area (Å²) in [4.78, 5) is 23.4. The molecule has 2 rings (SSSR count). The number of hydrogen-bond donors (Lipinski definition) is 2. The maximum atomic E-state index is 11.8. The summed E-state index contributed by atoms with van der Waals surface area (Å²) in [5.74, 6) is -0.554. The SMILES string of the molecule is N[C@@H](Cc1ccccc1)C(=O)NC(=O)OCc1ccccc1. The Bertz CT molecular complexity index is 614. The van der Waals surface area contributed by atoms with Crippen LogP contribution in [0, 0.1) is 0 Å². The Kier molecular flexibility index (Phi) is 5.68. The Morgan fingerprint density at radius 3 is 2.09 bits per heavy atom. The molecule has 0 aliphatic heterocycles. The fourth-order valence-electron chi connectivity index (χ4n) is 1.91. The van der Waals surface area contributed by atoms with E-state index in [0.717, 1.165) is 11.1 Å². The predicted octanol–water partition coefficient (Wildman–Crippen LogP) is 2.01. The fraction of sp³-hybridized carbons (Fsp3) is 0.176. The molecule has 0 saturated heterocycles. The van der Waals surface area contributed by atoms with Crippen LogP contribution < -0.4 is 11.1 Å².